The van der Waals surface area contributed by atoms with Gasteiger partial charge in [0, 0.05) is 5.71 Å². The number of thiazole rings is 1. The quantitative estimate of drug-likeness (QED) is 0.605. The van der Waals surface area contributed by atoms with E-state index in [0.29, 0.717) is 5.92 Å². The van der Waals surface area contributed by atoms with E-state index in [-0.39, 0.29) is 12.5 Å². The normalized spacial score (nSPS) is 11.9. The van der Waals surface area contributed by atoms with Crippen molar-refractivity contribution in [2.24, 2.45) is 11.0 Å². The minimum absolute atomic E-state index is 0.164. The molecular weight excluding hydrogens is 296 g/mol. The summed E-state index contributed by atoms with van der Waals surface area (Å²) in [5, 5.41) is 7.89. The highest BCUT2D eigenvalue weighted by molar-refractivity contribution is 7.22. The molecule has 0 saturated carbocycles. The van der Waals surface area contributed by atoms with Gasteiger partial charge in [-0.15, -0.1) is 0 Å². The van der Waals surface area contributed by atoms with E-state index in [1.807, 2.05) is 31.2 Å². The molecule has 1 aromatic heterocycles. The monoisotopic (exact) mass is 318 g/mol. The number of para-hydroxylation sites is 1. The van der Waals surface area contributed by atoms with E-state index >= 15 is 0 Å². The summed E-state index contributed by atoms with van der Waals surface area (Å²) in [4.78, 5) is 16.2. The SMILES string of the molecule is C/C(CCC(C)C)=N/NC(=O)CNc1nc2ccccc2s1. The zero-order valence-corrected chi connectivity index (χ0v) is 14.0. The minimum atomic E-state index is -0.164. The first-order chi connectivity index (χ1) is 10.5. The Balaban J connectivity index is 1.78. The Bertz CT molecular complexity index is 630. The van der Waals surface area contributed by atoms with E-state index in [9.17, 15) is 4.79 Å². The third-order valence-corrected chi connectivity index (χ3v) is 4.14. The number of carbonyl (C=O) groups excluding carboxylic acids is 1. The number of fused-ring (bicyclic) bond motifs is 1. The molecular formula is C16H22N4OS. The Morgan fingerprint density at radius 1 is 1.36 bits per heavy atom. The van der Waals surface area contributed by atoms with E-state index in [0.717, 1.165) is 33.9 Å². The van der Waals surface area contributed by atoms with E-state index in [4.69, 9.17) is 0 Å². The third kappa shape index (κ3) is 5.11. The zero-order valence-electron chi connectivity index (χ0n) is 13.2. The number of anilines is 1. The molecule has 118 valence electrons. The van der Waals surface area contributed by atoms with Crippen LogP contribution in [0.5, 0.6) is 0 Å². The summed E-state index contributed by atoms with van der Waals surface area (Å²) in [6.45, 7) is 6.45. The molecule has 2 aromatic rings. The average Bonchev–Trinajstić information content (AvgIpc) is 2.91. The van der Waals surface area contributed by atoms with E-state index < -0.39 is 0 Å². The van der Waals surface area contributed by atoms with Gasteiger partial charge in [-0.1, -0.05) is 37.3 Å². The van der Waals surface area contributed by atoms with Gasteiger partial charge in [0.1, 0.15) is 0 Å². The fourth-order valence-electron chi connectivity index (χ4n) is 1.85. The summed E-state index contributed by atoms with van der Waals surface area (Å²) >= 11 is 1.54. The number of benzene rings is 1. The van der Waals surface area contributed by atoms with Crippen LogP contribution >= 0.6 is 11.3 Å². The van der Waals surface area contributed by atoms with Gasteiger partial charge in [-0.05, 0) is 37.8 Å². The molecule has 1 heterocycles. The van der Waals surface area contributed by atoms with Gasteiger partial charge in [0.2, 0.25) is 0 Å². The van der Waals surface area contributed by atoms with Crippen molar-refractivity contribution < 1.29 is 4.79 Å². The summed E-state index contributed by atoms with van der Waals surface area (Å²) in [6, 6.07) is 7.90. The maximum atomic E-state index is 11.8. The average molecular weight is 318 g/mol. The van der Waals surface area contributed by atoms with Crippen molar-refractivity contribution in [3.8, 4) is 0 Å². The number of amides is 1. The number of hydrogen-bond donors (Lipinski definition) is 2. The smallest absolute Gasteiger partial charge is 0.259 e. The van der Waals surface area contributed by atoms with Crippen LogP contribution in [-0.2, 0) is 4.79 Å². The van der Waals surface area contributed by atoms with Crippen LogP contribution in [0.25, 0.3) is 10.2 Å². The zero-order chi connectivity index (χ0) is 15.9. The van der Waals surface area contributed by atoms with Gasteiger partial charge < -0.3 is 5.32 Å². The van der Waals surface area contributed by atoms with Crippen molar-refractivity contribution in [2.75, 3.05) is 11.9 Å². The Morgan fingerprint density at radius 2 is 2.14 bits per heavy atom. The third-order valence-electron chi connectivity index (χ3n) is 3.15. The van der Waals surface area contributed by atoms with Crippen LogP contribution in [-0.4, -0.2) is 23.1 Å². The van der Waals surface area contributed by atoms with Crippen molar-refractivity contribution in [2.45, 2.75) is 33.6 Å². The van der Waals surface area contributed by atoms with Crippen LogP contribution in [0, 0.1) is 5.92 Å². The topological polar surface area (TPSA) is 66.4 Å². The van der Waals surface area contributed by atoms with Crippen molar-refractivity contribution in [3.63, 3.8) is 0 Å². The van der Waals surface area contributed by atoms with Gasteiger partial charge in [0.05, 0.1) is 16.8 Å². The van der Waals surface area contributed by atoms with E-state index in [2.05, 4.69) is 34.7 Å². The van der Waals surface area contributed by atoms with Crippen LogP contribution < -0.4 is 10.7 Å². The summed E-state index contributed by atoms with van der Waals surface area (Å²) in [5.74, 6) is 0.477. The van der Waals surface area contributed by atoms with Gasteiger partial charge in [-0.25, -0.2) is 10.4 Å². The van der Waals surface area contributed by atoms with E-state index in [1.54, 1.807) is 0 Å². The standard InChI is InChI=1S/C16H22N4OS/c1-11(2)8-9-12(3)19-20-15(21)10-17-16-18-13-6-4-5-7-14(13)22-16/h4-7,11H,8-10H2,1-3H3,(H,17,18)(H,20,21)/b19-12-. The number of hydrazone groups is 1. The van der Waals surface area contributed by atoms with Gasteiger partial charge in [0.25, 0.3) is 5.91 Å². The number of nitrogens with one attached hydrogen (secondary N) is 2. The van der Waals surface area contributed by atoms with Crippen LogP contribution in [0.4, 0.5) is 5.13 Å². The summed E-state index contributed by atoms with van der Waals surface area (Å²) < 4.78 is 1.10. The second-order valence-corrected chi connectivity index (χ2v) is 6.69. The summed E-state index contributed by atoms with van der Waals surface area (Å²) in [7, 11) is 0. The first-order valence-electron chi connectivity index (χ1n) is 7.46. The van der Waals surface area contributed by atoms with Crippen LogP contribution in [0.2, 0.25) is 0 Å². The molecule has 22 heavy (non-hydrogen) atoms. The molecule has 0 aliphatic rings. The number of rotatable bonds is 7. The molecule has 2 N–H and O–H groups in total. The Morgan fingerprint density at radius 3 is 2.86 bits per heavy atom. The number of hydrogen-bond acceptors (Lipinski definition) is 5. The molecule has 0 atom stereocenters. The molecule has 0 aliphatic heterocycles. The van der Waals surface area contributed by atoms with Crippen LogP contribution in [0.3, 0.4) is 0 Å². The summed E-state index contributed by atoms with van der Waals surface area (Å²) in [6.07, 6.45) is 1.98. The molecule has 1 aromatic carbocycles. The second-order valence-electron chi connectivity index (χ2n) is 5.65. The molecule has 0 spiro atoms. The first-order valence-corrected chi connectivity index (χ1v) is 8.27. The lowest BCUT2D eigenvalue weighted by atomic mass is 10.1. The van der Waals surface area contributed by atoms with Gasteiger partial charge >= 0.3 is 0 Å². The van der Waals surface area contributed by atoms with Gasteiger partial charge in [0.15, 0.2) is 5.13 Å². The molecule has 1 amide bonds. The lowest BCUT2D eigenvalue weighted by Gasteiger charge is -2.05. The molecule has 0 unspecified atom stereocenters. The van der Waals surface area contributed by atoms with E-state index in [1.165, 1.54) is 11.3 Å². The highest BCUT2D eigenvalue weighted by Gasteiger charge is 2.05. The largest absolute Gasteiger partial charge is 0.352 e. The highest BCUT2D eigenvalue weighted by Crippen LogP contribution is 2.24. The first kappa shape index (κ1) is 16.4. The van der Waals surface area contributed by atoms with Crippen molar-refractivity contribution in [3.05, 3.63) is 24.3 Å². The Hall–Kier alpha value is -1.95. The van der Waals surface area contributed by atoms with Crippen LogP contribution in [0.15, 0.2) is 29.4 Å². The lowest BCUT2D eigenvalue weighted by molar-refractivity contribution is -0.119. The maximum Gasteiger partial charge on any atom is 0.259 e. The molecule has 0 fully saturated rings. The summed E-state index contributed by atoms with van der Waals surface area (Å²) in [5.41, 5.74) is 4.46. The Kier molecular flexibility index (Phi) is 5.89. The highest BCUT2D eigenvalue weighted by atomic mass is 32.1. The molecule has 0 saturated heterocycles. The number of nitrogens with zero attached hydrogens (tertiary/aromatic N) is 2. The fraction of sp³-hybridized carbons (Fsp3) is 0.438. The second kappa shape index (κ2) is 7.89. The van der Waals surface area contributed by atoms with Gasteiger partial charge in [-0.3, -0.25) is 4.79 Å². The van der Waals surface area contributed by atoms with Gasteiger partial charge in [-0.2, -0.15) is 5.10 Å². The number of carbonyl (C=O) groups is 1. The molecule has 2 rings (SSSR count). The minimum Gasteiger partial charge on any atom is -0.352 e. The predicted molar refractivity (Wildman–Crippen MR) is 93.4 cm³/mol. The van der Waals surface area contributed by atoms with Crippen molar-refractivity contribution >= 4 is 38.3 Å². The molecule has 0 aliphatic carbocycles. The maximum absolute atomic E-state index is 11.8. The number of aromatic nitrogens is 1. The van der Waals surface area contributed by atoms with Crippen molar-refractivity contribution in [1.82, 2.24) is 10.4 Å². The lowest BCUT2D eigenvalue weighted by Crippen LogP contribution is -2.26. The Labute approximate surface area is 134 Å². The van der Waals surface area contributed by atoms with Crippen LogP contribution in [0.1, 0.15) is 33.6 Å². The molecule has 0 bridgehead atoms. The van der Waals surface area contributed by atoms with Crippen molar-refractivity contribution in [1.29, 1.82) is 0 Å². The fourth-order valence-corrected chi connectivity index (χ4v) is 2.72. The molecule has 6 heteroatoms. The molecule has 5 nitrogen and oxygen atoms in total. The predicted octanol–water partition coefficient (Wildman–Crippen LogP) is 3.64. The molecule has 0 radical (unpaired) electrons.